The maximum atomic E-state index is 8.64. The van der Waals surface area contributed by atoms with Crippen molar-refractivity contribution in [2.75, 3.05) is 0 Å². The maximum absolute atomic E-state index is 8.64. The molecule has 1 heterocycles. The van der Waals surface area contributed by atoms with Gasteiger partial charge in [-0.25, -0.2) is 0 Å². The van der Waals surface area contributed by atoms with Crippen LogP contribution < -0.4 is 5.73 Å². The molecule has 1 atom stereocenters. The molecule has 3 heteroatoms. The van der Waals surface area contributed by atoms with Crippen LogP contribution >= 0.6 is 0 Å². The number of nitrogens with two attached hydrogens (primary N) is 1. The quantitative estimate of drug-likeness (QED) is 0.638. The van der Waals surface area contributed by atoms with Gasteiger partial charge >= 0.3 is 0 Å². The number of hydrogen-bond donors (Lipinski definition) is 1. The molecule has 0 aliphatic carbocycles. The van der Waals surface area contributed by atoms with E-state index in [1.165, 1.54) is 0 Å². The molecule has 11 heavy (non-hydrogen) atoms. The highest BCUT2D eigenvalue weighted by Crippen LogP contribution is 2.13. The zero-order valence-corrected chi connectivity index (χ0v) is 6.28. The molecule has 0 fully saturated rings. The fraction of sp³-hybridized carbons (Fsp3) is 0.250. The molecule has 1 aromatic heterocycles. The number of pyridine rings is 1. The monoisotopic (exact) mass is 147 g/mol. The molecule has 0 aliphatic heterocycles. The molecule has 1 rings (SSSR count). The predicted octanol–water partition coefficient (Wildman–Crippen LogP) is 0.779. The maximum Gasteiger partial charge on any atom is 0.128 e. The zero-order valence-electron chi connectivity index (χ0n) is 6.28. The normalized spacial score (nSPS) is 15.0. The third-order valence-corrected chi connectivity index (χ3v) is 1.49. The van der Waals surface area contributed by atoms with Gasteiger partial charge in [-0.1, -0.05) is 6.07 Å². The Balaban J connectivity index is 3.05. The van der Waals surface area contributed by atoms with Crippen LogP contribution in [-0.4, -0.2) is 4.98 Å². The molecule has 1 aromatic rings. The molecule has 0 aromatic carbocycles. The van der Waals surface area contributed by atoms with Gasteiger partial charge in [0.2, 0.25) is 0 Å². The van der Waals surface area contributed by atoms with Crippen LogP contribution in [0.2, 0.25) is 0 Å². The molecule has 0 unspecified atom stereocenters. The summed E-state index contributed by atoms with van der Waals surface area (Å²) in [4.78, 5) is 3.87. The van der Waals surface area contributed by atoms with Crippen LogP contribution in [0, 0.1) is 11.3 Å². The average molecular weight is 147 g/mol. The summed E-state index contributed by atoms with van der Waals surface area (Å²) in [6.45, 7) is 1.66. The summed E-state index contributed by atoms with van der Waals surface area (Å²) < 4.78 is 0. The van der Waals surface area contributed by atoms with E-state index in [-0.39, 0.29) is 0 Å². The van der Waals surface area contributed by atoms with Crippen molar-refractivity contribution < 1.29 is 0 Å². The Labute approximate surface area is 65.5 Å². The number of nitriles is 1. The van der Waals surface area contributed by atoms with Crippen LogP contribution in [0.15, 0.2) is 24.5 Å². The largest absolute Gasteiger partial charge is 0.310 e. The van der Waals surface area contributed by atoms with Crippen LogP contribution in [0.1, 0.15) is 12.5 Å². The van der Waals surface area contributed by atoms with Crippen LogP contribution in [0.25, 0.3) is 0 Å². The van der Waals surface area contributed by atoms with E-state index < -0.39 is 5.54 Å². The van der Waals surface area contributed by atoms with Gasteiger partial charge in [0.1, 0.15) is 5.54 Å². The van der Waals surface area contributed by atoms with Crippen molar-refractivity contribution in [1.29, 1.82) is 5.26 Å². The molecule has 3 nitrogen and oxygen atoms in total. The van der Waals surface area contributed by atoms with Crippen LogP contribution in [-0.2, 0) is 5.54 Å². The molecular weight excluding hydrogens is 138 g/mol. The molecule has 0 saturated heterocycles. The van der Waals surface area contributed by atoms with E-state index >= 15 is 0 Å². The molecule has 0 radical (unpaired) electrons. The Hall–Kier alpha value is -1.40. The van der Waals surface area contributed by atoms with E-state index in [4.69, 9.17) is 11.0 Å². The molecule has 0 aliphatic rings. The van der Waals surface area contributed by atoms with Gasteiger partial charge in [0.15, 0.2) is 0 Å². The lowest BCUT2D eigenvalue weighted by atomic mass is 9.97. The molecule has 56 valence electrons. The van der Waals surface area contributed by atoms with Gasteiger partial charge in [0.05, 0.1) is 6.07 Å². The number of rotatable bonds is 1. The van der Waals surface area contributed by atoms with Gasteiger partial charge in [-0.2, -0.15) is 5.26 Å². The number of hydrogen-bond acceptors (Lipinski definition) is 3. The first-order chi connectivity index (χ1) is 5.17. The summed E-state index contributed by atoms with van der Waals surface area (Å²) in [7, 11) is 0. The standard InChI is InChI=1S/C8H9N3/c1-8(10,6-9)7-3-2-4-11-5-7/h2-5H,10H2,1H3/t8-/m0/s1. The van der Waals surface area contributed by atoms with Crippen molar-refractivity contribution in [2.45, 2.75) is 12.5 Å². The first-order valence-corrected chi connectivity index (χ1v) is 3.27. The Bertz CT molecular complexity index is 271. The van der Waals surface area contributed by atoms with Crippen LogP contribution in [0.4, 0.5) is 0 Å². The molecule has 0 spiro atoms. The van der Waals surface area contributed by atoms with Gasteiger partial charge in [-0.05, 0) is 13.0 Å². The lowest BCUT2D eigenvalue weighted by molar-refractivity contribution is 0.643. The van der Waals surface area contributed by atoms with E-state index in [1.807, 2.05) is 6.07 Å². The zero-order chi connectivity index (χ0) is 8.32. The third kappa shape index (κ3) is 1.54. The smallest absolute Gasteiger partial charge is 0.128 e. The van der Waals surface area contributed by atoms with E-state index in [0.717, 1.165) is 5.56 Å². The van der Waals surface area contributed by atoms with Crippen molar-refractivity contribution in [3.05, 3.63) is 30.1 Å². The fourth-order valence-corrected chi connectivity index (χ4v) is 0.735. The van der Waals surface area contributed by atoms with Crippen molar-refractivity contribution in [1.82, 2.24) is 4.98 Å². The lowest BCUT2D eigenvalue weighted by Gasteiger charge is -2.13. The summed E-state index contributed by atoms with van der Waals surface area (Å²) in [5.41, 5.74) is 5.45. The van der Waals surface area contributed by atoms with Gasteiger partial charge in [0.25, 0.3) is 0 Å². The SMILES string of the molecule is C[C@](N)(C#N)c1cccnc1. The second kappa shape index (κ2) is 2.69. The van der Waals surface area contributed by atoms with E-state index in [2.05, 4.69) is 4.98 Å². The number of nitrogens with zero attached hydrogens (tertiary/aromatic N) is 2. The molecule has 0 bridgehead atoms. The Kier molecular flexibility index (Phi) is 1.88. The topological polar surface area (TPSA) is 62.7 Å². The molecule has 0 amide bonds. The van der Waals surface area contributed by atoms with Gasteiger partial charge in [-0.3, -0.25) is 4.98 Å². The highest BCUT2D eigenvalue weighted by molar-refractivity contribution is 5.25. The molecule has 2 N–H and O–H groups in total. The minimum Gasteiger partial charge on any atom is -0.310 e. The Morgan fingerprint density at radius 3 is 2.91 bits per heavy atom. The van der Waals surface area contributed by atoms with E-state index in [9.17, 15) is 0 Å². The average Bonchev–Trinajstić information content (AvgIpc) is 2.06. The highest BCUT2D eigenvalue weighted by Gasteiger charge is 2.19. The van der Waals surface area contributed by atoms with Crippen molar-refractivity contribution in [2.24, 2.45) is 5.73 Å². The van der Waals surface area contributed by atoms with Crippen LogP contribution in [0.3, 0.4) is 0 Å². The Morgan fingerprint density at radius 2 is 2.45 bits per heavy atom. The second-order valence-electron chi connectivity index (χ2n) is 2.56. The van der Waals surface area contributed by atoms with Crippen molar-refractivity contribution in [3.63, 3.8) is 0 Å². The summed E-state index contributed by atoms with van der Waals surface area (Å²) in [6, 6.07) is 5.54. The first-order valence-electron chi connectivity index (χ1n) is 3.27. The number of aromatic nitrogens is 1. The second-order valence-corrected chi connectivity index (χ2v) is 2.56. The molecular formula is C8H9N3. The predicted molar refractivity (Wildman–Crippen MR) is 41.4 cm³/mol. The Morgan fingerprint density at radius 1 is 1.73 bits per heavy atom. The third-order valence-electron chi connectivity index (χ3n) is 1.49. The van der Waals surface area contributed by atoms with Gasteiger partial charge < -0.3 is 5.73 Å². The summed E-state index contributed by atoms with van der Waals surface area (Å²) in [6.07, 6.45) is 3.25. The minimum absolute atomic E-state index is 0.738. The lowest BCUT2D eigenvalue weighted by Crippen LogP contribution is -2.30. The van der Waals surface area contributed by atoms with Crippen LogP contribution in [0.5, 0.6) is 0 Å². The summed E-state index contributed by atoms with van der Waals surface area (Å²) in [5, 5.41) is 8.64. The fourth-order valence-electron chi connectivity index (χ4n) is 0.735. The minimum atomic E-state index is -0.922. The van der Waals surface area contributed by atoms with E-state index in [0.29, 0.717) is 0 Å². The van der Waals surface area contributed by atoms with Gasteiger partial charge in [-0.15, -0.1) is 0 Å². The summed E-state index contributed by atoms with van der Waals surface area (Å²) in [5.74, 6) is 0. The van der Waals surface area contributed by atoms with E-state index in [1.54, 1.807) is 31.5 Å². The van der Waals surface area contributed by atoms with Crippen molar-refractivity contribution >= 4 is 0 Å². The van der Waals surface area contributed by atoms with Gasteiger partial charge in [0, 0.05) is 18.0 Å². The molecule has 0 saturated carbocycles. The first kappa shape index (κ1) is 7.70. The highest BCUT2D eigenvalue weighted by atomic mass is 14.7. The van der Waals surface area contributed by atoms with Crippen molar-refractivity contribution in [3.8, 4) is 6.07 Å². The summed E-state index contributed by atoms with van der Waals surface area (Å²) >= 11 is 0.